The van der Waals surface area contributed by atoms with Gasteiger partial charge >= 0.3 is 11.9 Å². The molecule has 178 valence electrons. The largest absolute Gasteiger partial charge is 0.461 e. The molecule has 1 aromatic heterocycles. The molecule has 0 aromatic carbocycles. The number of nitrogens with zero attached hydrogens (tertiary/aromatic N) is 3. The Morgan fingerprint density at radius 3 is 2.25 bits per heavy atom. The fraction of sp³-hybridized carbons (Fsp3) is 0.800. The van der Waals surface area contributed by atoms with E-state index in [2.05, 4.69) is 10.3 Å². The second-order valence-corrected chi connectivity index (χ2v) is 8.60. The summed E-state index contributed by atoms with van der Waals surface area (Å²) in [7, 11) is 0. The minimum Gasteiger partial charge on any atom is -0.461 e. The number of aromatic nitrogens is 3. The van der Waals surface area contributed by atoms with Gasteiger partial charge in [0.25, 0.3) is 0 Å². The molecule has 5 atom stereocenters. The van der Waals surface area contributed by atoms with Crippen LogP contribution in [0, 0.1) is 0 Å². The molecule has 12 heteroatoms. The SMILES string of the molecule is CCOC(=O)c1nnn([C@@H]2O[C@H]([C@H]3COC(C)(C)O3)[C@@H]3OC(C)(C)O[C@@H]32)c1C(=O)OCC. The summed E-state index contributed by atoms with van der Waals surface area (Å²) in [4.78, 5) is 25.2. The Hall–Kier alpha value is -2.12. The normalized spacial score (nSPS) is 32.6. The van der Waals surface area contributed by atoms with Gasteiger partial charge in [-0.05, 0) is 41.5 Å². The van der Waals surface area contributed by atoms with E-state index in [-0.39, 0.29) is 24.6 Å². The lowest BCUT2D eigenvalue weighted by atomic mass is 10.1. The van der Waals surface area contributed by atoms with Crippen LogP contribution >= 0.6 is 0 Å². The molecule has 0 amide bonds. The third kappa shape index (κ3) is 4.13. The molecule has 1 aromatic rings. The number of hydrogen-bond acceptors (Lipinski definition) is 11. The van der Waals surface area contributed by atoms with Crippen LogP contribution in [0.2, 0.25) is 0 Å². The lowest BCUT2D eigenvalue weighted by Gasteiger charge is -2.27. The molecule has 4 rings (SSSR count). The Morgan fingerprint density at radius 2 is 1.62 bits per heavy atom. The molecule has 3 saturated heterocycles. The van der Waals surface area contributed by atoms with Gasteiger partial charge in [0.15, 0.2) is 23.5 Å². The third-order valence-electron chi connectivity index (χ3n) is 5.33. The van der Waals surface area contributed by atoms with Crippen LogP contribution in [-0.4, -0.2) is 82.7 Å². The first-order valence-corrected chi connectivity index (χ1v) is 10.7. The fourth-order valence-electron chi connectivity index (χ4n) is 4.18. The van der Waals surface area contributed by atoms with Gasteiger partial charge in [0, 0.05) is 0 Å². The van der Waals surface area contributed by atoms with Crippen LogP contribution in [-0.2, 0) is 33.2 Å². The van der Waals surface area contributed by atoms with Gasteiger partial charge in [-0.1, -0.05) is 5.21 Å². The zero-order valence-corrected chi connectivity index (χ0v) is 19.0. The van der Waals surface area contributed by atoms with E-state index >= 15 is 0 Å². The monoisotopic (exact) mass is 455 g/mol. The first kappa shape index (κ1) is 23.1. The molecule has 0 bridgehead atoms. The Morgan fingerprint density at radius 1 is 0.969 bits per heavy atom. The van der Waals surface area contributed by atoms with Crippen LogP contribution in [0.3, 0.4) is 0 Å². The maximum atomic E-state index is 12.8. The Kier molecular flexibility index (Phi) is 6.01. The highest BCUT2D eigenvalue weighted by atomic mass is 16.8. The summed E-state index contributed by atoms with van der Waals surface area (Å²) < 4.78 is 41.5. The molecular weight excluding hydrogens is 426 g/mol. The lowest BCUT2D eigenvalue weighted by molar-refractivity contribution is -0.217. The zero-order chi connectivity index (χ0) is 23.3. The maximum absolute atomic E-state index is 12.8. The number of rotatable bonds is 6. The number of ether oxygens (including phenoxy) is 7. The average Bonchev–Trinajstić information content (AvgIpc) is 3.43. The van der Waals surface area contributed by atoms with Gasteiger partial charge in [0.2, 0.25) is 5.69 Å². The Labute approximate surface area is 185 Å². The third-order valence-corrected chi connectivity index (χ3v) is 5.33. The van der Waals surface area contributed by atoms with Crippen LogP contribution in [0.25, 0.3) is 0 Å². The van der Waals surface area contributed by atoms with E-state index in [1.165, 1.54) is 4.68 Å². The molecule has 0 N–H and O–H groups in total. The molecule has 32 heavy (non-hydrogen) atoms. The lowest BCUT2D eigenvalue weighted by Crippen LogP contribution is -2.40. The molecule has 4 heterocycles. The number of carbonyl (C=O) groups is 2. The predicted octanol–water partition coefficient (Wildman–Crippen LogP) is 1.20. The molecule has 12 nitrogen and oxygen atoms in total. The molecule has 3 aliphatic heterocycles. The quantitative estimate of drug-likeness (QED) is 0.574. The standard InChI is InChI=1S/C20H29N3O9/c1-7-26-17(24)11-12(18(25)27-8-2)23(22-21-11)16-15-14(31-20(5,6)32-15)13(29-16)10-9-28-19(3,4)30-10/h10,13-16H,7-9H2,1-6H3/t10-,13-,14+,15+,16-/m1/s1. The molecule has 0 radical (unpaired) electrons. The minimum atomic E-state index is -0.922. The van der Waals surface area contributed by atoms with E-state index in [1.807, 2.05) is 13.8 Å². The average molecular weight is 455 g/mol. The van der Waals surface area contributed by atoms with Gasteiger partial charge in [-0.15, -0.1) is 5.10 Å². The van der Waals surface area contributed by atoms with Crippen molar-refractivity contribution in [2.75, 3.05) is 19.8 Å². The van der Waals surface area contributed by atoms with E-state index in [1.54, 1.807) is 27.7 Å². The van der Waals surface area contributed by atoms with Crippen LogP contribution in [0.4, 0.5) is 0 Å². The van der Waals surface area contributed by atoms with Gasteiger partial charge in [0.05, 0.1) is 19.8 Å². The highest BCUT2D eigenvalue weighted by Gasteiger charge is 2.60. The van der Waals surface area contributed by atoms with Crippen molar-refractivity contribution in [3.05, 3.63) is 11.4 Å². The van der Waals surface area contributed by atoms with Crippen molar-refractivity contribution in [1.29, 1.82) is 0 Å². The van der Waals surface area contributed by atoms with Crippen molar-refractivity contribution >= 4 is 11.9 Å². The summed E-state index contributed by atoms with van der Waals surface area (Å²) in [6.45, 7) is 11.0. The van der Waals surface area contributed by atoms with Crippen molar-refractivity contribution in [2.24, 2.45) is 0 Å². The first-order valence-electron chi connectivity index (χ1n) is 10.7. The van der Waals surface area contributed by atoms with Crippen molar-refractivity contribution in [2.45, 2.75) is 83.8 Å². The number of hydrogen-bond donors (Lipinski definition) is 0. The summed E-state index contributed by atoms with van der Waals surface area (Å²) in [5.41, 5.74) is -0.430. The number of carbonyl (C=O) groups excluding carboxylic acids is 2. The van der Waals surface area contributed by atoms with Crippen LogP contribution < -0.4 is 0 Å². The minimum absolute atomic E-state index is 0.0987. The molecule has 0 saturated carbocycles. The van der Waals surface area contributed by atoms with Gasteiger partial charge in [0.1, 0.15) is 24.4 Å². The van der Waals surface area contributed by atoms with E-state index in [9.17, 15) is 9.59 Å². The Balaban J connectivity index is 1.70. The summed E-state index contributed by atoms with van der Waals surface area (Å²) in [5.74, 6) is -3.23. The molecule has 3 fully saturated rings. The zero-order valence-electron chi connectivity index (χ0n) is 19.0. The Bertz CT molecular complexity index is 884. The highest BCUT2D eigenvalue weighted by Crippen LogP contribution is 2.46. The number of esters is 2. The van der Waals surface area contributed by atoms with Crippen LogP contribution in [0.1, 0.15) is 68.7 Å². The summed E-state index contributed by atoms with van der Waals surface area (Å²) in [6, 6.07) is 0. The molecule has 0 unspecified atom stereocenters. The highest BCUT2D eigenvalue weighted by molar-refractivity contribution is 6.00. The van der Waals surface area contributed by atoms with Crippen molar-refractivity contribution in [1.82, 2.24) is 15.0 Å². The van der Waals surface area contributed by atoms with Gasteiger partial charge in [-0.2, -0.15) is 0 Å². The summed E-state index contributed by atoms with van der Waals surface area (Å²) >= 11 is 0. The molecule has 3 aliphatic rings. The van der Waals surface area contributed by atoms with Crippen molar-refractivity contribution in [3.63, 3.8) is 0 Å². The van der Waals surface area contributed by atoms with Gasteiger partial charge in [-0.3, -0.25) is 0 Å². The van der Waals surface area contributed by atoms with Crippen molar-refractivity contribution < 1.29 is 42.7 Å². The first-order chi connectivity index (χ1) is 15.1. The van der Waals surface area contributed by atoms with E-state index < -0.39 is 54.2 Å². The molecule has 0 spiro atoms. The smallest absolute Gasteiger partial charge is 0.361 e. The van der Waals surface area contributed by atoms with E-state index in [4.69, 9.17) is 33.2 Å². The molecular formula is C20H29N3O9. The van der Waals surface area contributed by atoms with E-state index in [0.29, 0.717) is 6.61 Å². The fourth-order valence-corrected chi connectivity index (χ4v) is 4.18. The number of fused-ring (bicyclic) bond motifs is 1. The topological polar surface area (TPSA) is 129 Å². The summed E-state index contributed by atoms with van der Waals surface area (Å²) in [6.07, 6.45) is -3.10. The van der Waals surface area contributed by atoms with Gasteiger partial charge in [-0.25, -0.2) is 14.3 Å². The van der Waals surface area contributed by atoms with Crippen LogP contribution in [0.15, 0.2) is 0 Å². The maximum Gasteiger partial charge on any atom is 0.361 e. The second-order valence-electron chi connectivity index (χ2n) is 8.60. The van der Waals surface area contributed by atoms with Crippen molar-refractivity contribution in [3.8, 4) is 0 Å². The van der Waals surface area contributed by atoms with Gasteiger partial charge < -0.3 is 33.2 Å². The summed E-state index contributed by atoms with van der Waals surface area (Å²) in [5, 5.41) is 7.92. The van der Waals surface area contributed by atoms with Crippen LogP contribution in [0.5, 0.6) is 0 Å². The second kappa shape index (κ2) is 8.34. The predicted molar refractivity (Wildman–Crippen MR) is 105 cm³/mol. The molecule has 0 aliphatic carbocycles. The van der Waals surface area contributed by atoms with E-state index in [0.717, 1.165) is 0 Å².